The number of alkyl halides is 4. The van der Waals surface area contributed by atoms with Gasteiger partial charge in [0.15, 0.2) is 0 Å². The summed E-state index contributed by atoms with van der Waals surface area (Å²) >= 11 is 11.5. The second-order valence-corrected chi connectivity index (χ2v) is 9.17. The number of hydrogen-bond donors (Lipinski definition) is 0. The van der Waals surface area contributed by atoms with Gasteiger partial charge in [-0.05, 0) is 48.0 Å². The lowest BCUT2D eigenvalue weighted by Gasteiger charge is -2.32. The number of aromatic nitrogens is 1. The van der Waals surface area contributed by atoms with Gasteiger partial charge in [0.1, 0.15) is 17.1 Å². The van der Waals surface area contributed by atoms with Crippen LogP contribution in [0.2, 0.25) is 5.02 Å². The van der Waals surface area contributed by atoms with Gasteiger partial charge >= 0.3 is 12.1 Å². The van der Waals surface area contributed by atoms with Crippen LogP contribution >= 0.6 is 23.2 Å². The third-order valence-corrected chi connectivity index (χ3v) is 6.22. The highest BCUT2D eigenvalue weighted by Crippen LogP contribution is 2.39. The van der Waals surface area contributed by atoms with Gasteiger partial charge in [0.2, 0.25) is 5.88 Å². The summed E-state index contributed by atoms with van der Waals surface area (Å²) in [6, 6.07) is 6.89. The van der Waals surface area contributed by atoms with Crippen LogP contribution in [0.1, 0.15) is 31.8 Å². The molecular formula is C27H24Cl2F4N2O6. The maximum atomic E-state index is 14.8. The minimum atomic E-state index is -4.82. The zero-order valence-electron chi connectivity index (χ0n) is 21.9. The van der Waals surface area contributed by atoms with Crippen LogP contribution in [0.3, 0.4) is 0 Å². The molecule has 0 N–H and O–H groups in total. The van der Waals surface area contributed by atoms with Crippen LogP contribution in [-0.4, -0.2) is 57.4 Å². The van der Waals surface area contributed by atoms with E-state index in [-0.39, 0.29) is 52.2 Å². The number of benzene rings is 2. The molecule has 1 heterocycles. The molecule has 0 aliphatic heterocycles. The third-order valence-electron chi connectivity index (χ3n) is 5.68. The van der Waals surface area contributed by atoms with Gasteiger partial charge in [-0.3, -0.25) is 9.69 Å². The van der Waals surface area contributed by atoms with Crippen molar-refractivity contribution in [1.82, 2.24) is 4.98 Å². The minimum Gasteiger partial charge on any atom is -0.465 e. The number of ether oxygens (including phenoxy) is 4. The standard InChI is InChI=1S/C27H24Cl2F4N2O6/c1-38-13-17(14-39-2)35(25(36)19-6-4-16(29)9-22(19)30)23-7-5-18(10-20(23)26(37)40-3)41-24-21(27(31,32)33)8-15(11-28)12-34-24/h4-10,12,17H,11,13-14H2,1-3H3. The van der Waals surface area contributed by atoms with Crippen molar-refractivity contribution in [1.29, 1.82) is 0 Å². The number of halogens is 6. The molecule has 0 saturated carbocycles. The SMILES string of the molecule is COCC(COC)N(C(=O)c1ccc(Cl)cc1F)c1ccc(Oc2ncc(CCl)cc2C(F)(F)F)cc1C(=O)OC. The van der Waals surface area contributed by atoms with Gasteiger partial charge in [-0.15, -0.1) is 11.6 Å². The summed E-state index contributed by atoms with van der Waals surface area (Å²) in [5.41, 5.74) is -1.81. The van der Waals surface area contributed by atoms with Gasteiger partial charge in [-0.1, -0.05) is 11.6 Å². The number of nitrogens with zero attached hydrogens (tertiary/aromatic N) is 2. The largest absolute Gasteiger partial charge is 0.465 e. The first kappa shape index (κ1) is 32.1. The quantitative estimate of drug-likeness (QED) is 0.137. The van der Waals surface area contributed by atoms with E-state index in [0.717, 1.165) is 36.4 Å². The molecule has 0 fully saturated rings. The summed E-state index contributed by atoms with van der Waals surface area (Å²) in [4.78, 5) is 31.4. The number of carbonyl (C=O) groups is 2. The van der Waals surface area contributed by atoms with Crippen LogP contribution in [0.25, 0.3) is 0 Å². The van der Waals surface area contributed by atoms with E-state index < -0.39 is 41.4 Å². The zero-order chi connectivity index (χ0) is 30.3. The Hall–Kier alpha value is -3.45. The van der Waals surface area contributed by atoms with Crippen molar-refractivity contribution < 1.29 is 46.1 Å². The van der Waals surface area contributed by atoms with Gasteiger partial charge in [0.05, 0.1) is 43.2 Å². The molecule has 14 heteroatoms. The number of carbonyl (C=O) groups excluding carboxylic acids is 2. The summed E-state index contributed by atoms with van der Waals surface area (Å²) in [5, 5.41) is 0.0543. The van der Waals surface area contributed by atoms with Crippen LogP contribution in [-0.2, 0) is 26.3 Å². The summed E-state index contributed by atoms with van der Waals surface area (Å²) in [7, 11) is 3.81. The Morgan fingerprint density at radius 2 is 1.68 bits per heavy atom. The maximum absolute atomic E-state index is 14.8. The number of anilines is 1. The van der Waals surface area contributed by atoms with Crippen molar-refractivity contribution in [3.63, 3.8) is 0 Å². The van der Waals surface area contributed by atoms with Crippen molar-refractivity contribution in [3.05, 3.63) is 81.8 Å². The fourth-order valence-electron chi connectivity index (χ4n) is 3.87. The van der Waals surface area contributed by atoms with Gasteiger partial charge in [-0.2, -0.15) is 13.2 Å². The fourth-order valence-corrected chi connectivity index (χ4v) is 4.18. The zero-order valence-corrected chi connectivity index (χ0v) is 23.4. The highest BCUT2D eigenvalue weighted by atomic mass is 35.5. The summed E-state index contributed by atoms with van der Waals surface area (Å²) in [5.74, 6) is -4.00. The van der Waals surface area contributed by atoms with Gasteiger partial charge in [-0.25, -0.2) is 14.2 Å². The average molecular weight is 619 g/mol. The Morgan fingerprint density at radius 3 is 2.24 bits per heavy atom. The van der Waals surface area contributed by atoms with E-state index >= 15 is 0 Å². The van der Waals surface area contributed by atoms with Gasteiger partial charge in [0.25, 0.3) is 5.91 Å². The Morgan fingerprint density at radius 1 is 1.00 bits per heavy atom. The average Bonchev–Trinajstić information content (AvgIpc) is 2.93. The molecule has 2 aromatic carbocycles. The predicted molar refractivity (Wildman–Crippen MR) is 142 cm³/mol. The van der Waals surface area contributed by atoms with Crippen molar-refractivity contribution in [3.8, 4) is 11.6 Å². The number of hydrogen-bond acceptors (Lipinski definition) is 7. The van der Waals surface area contributed by atoms with E-state index in [2.05, 4.69) is 4.98 Å². The first-order chi connectivity index (χ1) is 19.4. The maximum Gasteiger partial charge on any atom is 0.421 e. The Balaban J connectivity index is 2.18. The molecule has 220 valence electrons. The van der Waals surface area contributed by atoms with E-state index in [1.54, 1.807) is 0 Å². The molecule has 3 rings (SSSR count). The molecule has 3 aromatic rings. The lowest BCUT2D eigenvalue weighted by molar-refractivity contribution is -0.138. The van der Waals surface area contributed by atoms with Crippen molar-refractivity contribution in [2.75, 3.05) is 39.4 Å². The number of pyridine rings is 1. The molecule has 1 aromatic heterocycles. The lowest BCUT2D eigenvalue weighted by Crippen LogP contribution is -2.46. The van der Waals surface area contributed by atoms with Crippen molar-refractivity contribution in [2.24, 2.45) is 0 Å². The van der Waals surface area contributed by atoms with Crippen LogP contribution < -0.4 is 9.64 Å². The minimum absolute atomic E-state index is 0.0543. The normalized spacial score (nSPS) is 11.5. The molecule has 0 saturated heterocycles. The van der Waals surface area contributed by atoms with E-state index in [0.29, 0.717) is 0 Å². The second kappa shape index (κ2) is 13.9. The highest BCUT2D eigenvalue weighted by molar-refractivity contribution is 6.30. The molecule has 0 aliphatic rings. The molecule has 0 atom stereocenters. The molecule has 0 spiro atoms. The van der Waals surface area contributed by atoms with Gasteiger partial charge < -0.3 is 18.9 Å². The molecule has 0 unspecified atom stereocenters. The Labute approximate surface area is 242 Å². The molecule has 0 aliphatic carbocycles. The molecule has 8 nitrogen and oxygen atoms in total. The second-order valence-electron chi connectivity index (χ2n) is 8.46. The fraction of sp³-hybridized carbons (Fsp3) is 0.296. The predicted octanol–water partition coefficient (Wildman–Crippen LogP) is 6.52. The Bertz CT molecular complexity index is 1400. The number of esters is 1. The number of rotatable bonds is 11. The van der Waals surface area contributed by atoms with Gasteiger partial charge in [0, 0.05) is 31.3 Å². The van der Waals surface area contributed by atoms with E-state index in [9.17, 15) is 27.2 Å². The smallest absolute Gasteiger partial charge is 0.421 e. The van der Waals surface area contributed by atoms with Crippen molar-refractivity contribution in [2.45, 2.75) is 18.1 Å². The van der Waals surface area contributed by atoms with E-state index in [1.807, 2.05) is 0 Å². The molecule has 0 bridgehead atoms. The first-order valence-electron chi connectivity index (χ1n) is 11.7. The molecular weight excluding hydrogens is 595 g/mol. The Kier molecular flexibility index (Phi) is 10.9. The summed E-state index contributed by atoms with van der Waals surface area (Å²) in [6.07, 6.45) is -3.71. The van der Waals surface area contributed by atoms with Crippen LogP contribution in [0.5, 0.6) is 11.6 Å². The van der Waals surface area contributed by atoms with Crippen molar-refractivity contribution >= 4 is 40.8 Å². The van der Waals surface area contributed by atoms with E-state index in [1.165, 1.54) is 38.5 Å². The van der Waals surface area contributed by atoms with Crippen LogP contribution in [0.15, 0.2) is 48.7 Å². The molecule has 0 radical (unpaired) electrons. The topological polar surface area (TPSA) is 87.2 Å². The molecule has 41 heavy (non-hydrogen) atoms. The summed E-state index contributed by atoms with van der Waals surface area (Å²) < 4.78 is 76.7. The van der Waals surface area contributed by atoms with E-state index in [4.69, 9.17) is 42.1 Å². The monoisotopic (exact) mass is 618 g/mol. The first-order valence-corrected chi connectivity index (χ1v) is 12.6. The number of amides is 1. The highest BCUT2D eigenvalue weighted by Gasteiger charge is 2.36. The third kappa shape index (κ3) is 7.64. The van der Waals surface area contributed by atoms with Crippen LogP contribution in [0.4, 0.5) is 23.2 Å². The summed E-state index contributed by atoms with van der Waals surface area (Å²) in [6.45, 7) is -0.196. The lowest BCUT2D eigenvalue weighted by atomic mass is 10.1. The number of methoxy groups -OCH3 is 3. The van der Waals surface area contributed by atoms with Crippen LogP contribution in [0, 0.1) is 5.82 Å². The molecule has 1 amide bonds.